The molecular weight excluding hydrogens is 329 g/mol. The van der Waals surface area contributed by atoms with Crippen LogP contribution < -0.4 is 0 Å². The van der Waals surface area contributed by atoms with E-state index in [1.165, 1.54) is 20.4 Å². The first-order chi connectivity index (χ1) is 5.68. The Kier molecular flexibility index (Phi) is 2.25. The van der Waals surface area contributed by atoms with Gasteiger partial charge in [0.1, 0.15) is 0 Å². The van der Waals surface area contributed by atoms with Crippen molar-refractivity contribution in [1.29, 1.82) is 0 Å². The molecule has 0 amide bonds. The maximum Gasteiger partial charge on any atom is 0.0528 e. The molecular formula is C9H7BrIN. The Bertz CT molecular complexity index is 371. The number of fused-ring (bicyclic) bond motifs is 1. The Hall–Kier alpha value is 0.1000. The molecule has 0 aliphatic heterocycles. The normalized spacial score (nSPS) is 15.2. The minimum atomic E-state index is 1.01. The molecule has 1 nitrogen and oxygen atoms in total. The summed E-state index contributed by atoms with van der Waals surface area (Å²) < 4.78 is 2.42. The summed E-state index contributed by atoms with van der Waals surface area (Å²) in [6, 6.07) is 2.14. The van der Waals surface area contributed by atoms with E-state index in [9.17, 15) is 0 Å². The zero-order valence-electron chi connectivity index (χ0n) is 6.56. The number of hydrogen-bond acceptors (Lipinski definition) is 1. The third-order valence-corrected chi connectivity index (χ3v) is 3.92. The van der Waals surface area contributed by atoms with E-state index in [-0.39, 0.29) is 0 Å². The molecule has 0 fully saturated rings. The van der Waals surface area contributed by atoms with Crippen molar-refractivity contribution in [2.75, 3.05) is 0 Å². The molecule has 0 N–H and O–H groups in total. The fraction of sp³-hybridized carbons (Fsp3) is 0.222. The first kappa shape index (κ1) is 8.69. The fourth-order valence-corrected chi connectivity index (χ4v) is 2.35. The van der Waals surface area contributed by atoms with Crippen LogP contribution in [0.5, 0.6) is 0 Å². The summed E-state index contributed by atoms with van der Waals surface area (Å²) in [6.07, 6.45) is 2.88. The van der Waals surface area contributed by atoms with Gasteiger partial charge in [0, 0.05) is 26.2 Å². The number of hydrogen-bond donors (Lipinski definition) is 0. The van der Waals surface area contributed by atoms with E-state index in [4.69, 9.17) is 0 Å². The monoisotopic (exact) mass is 335 g/mol. The highest BCUT2D eigenvalue weighted by Crippen LogP contribution is 2.36. The Balaban J connectivity index is 2.60. The largest absolute Gasteiger partial charge is 0.259 e. The predicted molar refractivity (Wildman–Crippen MR) is 62.3 cm³/mol. The van der Waals surface area contributed by atoms with Gasteiger partial charge in [-0.3, -0.25) is 4.98 Å². The summed E-state index contributed by atoms with van der Waals surface area (Å²) >= 11 is 5.81. The van der Waals surface area contributed by atoms with E-state index < -0.39 is 0 Å². The van der Waals surface area contributed by atoms with Crippen LogP contribution in [0.2, 0.25) is 0 Å². The molecule has 0 bridgehead atoms. The molecule has 3 heteroatoms. The van der Waals surface area contributed by atoms with Gasteiger partial charge in [0.05, 0.1) is 5.69 Å². The first-order valence-electron chi connectivity index (χ1n) is 3.68. The summed E-state index contributed by atoms with van der Waals surface area (Å²) in [5.41, 5.74) is 3.93. The lowest BCUT2D eigenvalue weighted by Crippen LogP contribution is -1.87. The average Bonchev–Trinajstić information content (AvgIpc) is 2.31. The maximum atomic E-state index is 4.37. The maximum absolute atomic E-state index is 4.37. The van der Waals surface area contributed by atoms with E-state index in [1.807, 2.05) is 6.20 Å². The van der Waals surface area contributed by atoms with Crippen molar-refractivity contribution in [2.24, 2.45) is 0 Å². The lowest BCUT2D eigenvalue weighted by atomic mass is 10.2. The molecule has 62 valence electrons. The van der Waals surface area contributed by atoms with Crippen LogP contribution in [0.4, 0.5) is 0 Å². The minimum Gasteiger partial charge on any atom is -0.259 e. The van der Waals surface area contributed by atoms with Gasteiger partial charge >= 0.3 is 0 Å². The molecule has 0 saturated heterocycles. The van der Waals surface area contributed by atoms with Crippen molar-refractivity contribution in [3.8, 4) is 0 Å². The highest BCUT2D eigenvalue weighted by atomic mass is 127. The Morgan fingerprint density at radius 3 is 3.08 bits per heavy atom. The highest BCUT2D eigenvalue weighted by Gasteiger charge is 2.17. The zero-order chi connectivity index (χ0) is 8.72. The third-order valence-electron chi connectivity index (χ3n) is 1.98. The molecule has 0 aromatic carbocycles. The third kappa shape index (κ3) is 1.33. The van der Waals surface area contributed by atoms with Gasteiger partial charge < -0.3 is 0 Å². The van der Waals surface area contributed by atoms with Gasteiger partial charge in [-0.2, -0.15) is 0 Å². The quantitative estimate of drug-likeness (QED) is 0.660. The van der Waals surface area contributed by atoms with Crippen molar-refractivity contribution >= 4 is 42.1 Å². The first-order valence-corrected chi connectivity index (χ1v) is 5.55. The Morgan fingerprint density at radius 2 is 2.33 bits per heavy atom. The van der Waals surface area contributed by atoms with Crippen molar-refractivity contribution in [3.05, 3.63) is 33.6 Å². The minimum absolute atomic E-state index is 1.01. The van der Waals surface area contributed by atoms with E-state index in [1.54, 1.807) is 0 Å². The topological polar surface area (TPSA) is 12.9 Å². The molecule has 2 rings (SSSR count). The number of aromatic nitrogens is 1. The second kappa shape index (κ2) is 3.10. The molecule has 1 heterocycles. The Morgan fingerprint density at radius 1 is 1.58 bits per heavy atom. The van der Waals surface area contributed by atoms with Crippen LogP contribution in [0.25, 0.3) is 3.58 Å². The van der Waals surface area contributed by atoms with Gasteiger partial charge in [0.25, 0.3) is 0 Å². The van der Waals surface area contributed by atoms with Gasteiger partial charge in [0.15, 0.2) is 0 Å². The average molecular weight is 336 g/mol. The second-order valence-corrected chi connectivity index (χ2v) is 4.91. The second-order valence-electron chi connectivity index (χ2n) is 2.92. The highest BCUT2D eigenvalue weighted by molar-refractivity contribution is 14.1. The van der Waals surface area contributed by atoms with Gasteiger partial charge in [0.2, 0.25) is 0 Å². The summed E-state index contributed by atoms with van der Waals surface area (Å²) in [5.74, 6) is 0. The lowest BCUT2D eigenvalue weighted by Gasteiger charge is -1.98. The van der Waals surface area contributed by atoms with Crippen LogP contribution in [-0.4, -0.2) is 4.98 Å². The molecule has 0 unspecified atom stereocenters. The predicted octanol–water partition coefficient (Wildman–Crippen LogP) is 3.57. The van der Waals surface area contributed by atoms with Gasteiger partial charge in [-0.1, -0.05) is 5.57 Å². The fourth-order valence-electron chi connectivity index (χ4n) is 1.36. The van der Waals surface area contributed by atoms with Gasteiger partial charge in [-0.15, -0.1) is 0 Å². The van der Waals surface area contributed by atoms with Crippen LogP contribution in [-0.2, 0) is 6.42 Å². The van der Waals surface area contributed by atoms with Gasteiger partial charge in [-0.05, 0) is 51.5 Å². The molecule has 12 heavy (non-hydrogen) atoms. The van der Waals surface area contributed by atoms with Crippen molar-refractivity contribution in [2.45, 2.75) is 13.3 Å². The number of pyridine rings is 1. The van der Waals surface area contributed by atoms with E-state index in [0.717, 1.165) is 10.9 Å². The molecule has 1 aliphatic carbocycles. The van der Waals surface area contributed by atoms with Crippen molar-refractivity contribution in [1.82, 2.24) is 4.98 Å². The van der Waals surface area contributed by atoms with Crippen LogP contribution in [0.15, 0.2) is 22.3 Å². The molecule has 0 saturated carbocycles. The number of nitrogens with zero attached hydrogens (tertiary/aromatic N) is 1. The summed E-state index contributed by atoms with van der Waals surface area (Å²) in [6.45, 7) is 2.16. The summed E-state index contributed by atoms with van der Waals surface area (Å²) in [7, 11) is 0. The number of rotatable bonds is 0. The molecule has 0 atom stereocenters. The van der Waals surface area contributed by atoms with E-state index >= 15 is 0 Å². The van der Waals surface area contributed by atoms with E-state index in [0.29, 0.717) is 0 Å². The van der Waals surface area contributed by atoms with E-state index in [2.05, 4.69) is 56.5 Å². The smallest absolute Gasteiger partial charge is 0.0528 e. The Labute approximate surface area is 93.5 Å². The standard InChI is InChI=1S/C9H7BrIN/c1-5-2-8-7(9(5)11)3-6(10)4-12-8/h3-4H,2H2,1H3. The van der Waals surface area contributed by atoms with Crippen LogP contribution in [0.3, 0.4) is 0 Å². The number of allylic oxidation sites excluding steroid dienone is 1. The van der Waals surface area contributed by atoms with Gasteiger partial charge in [-0.25, -0.2) is 0 Å². The van der Waals surface area contributed by atoms with Crippen LogP contribution in [0.1, 0.15) is 18.2 Å². The number of halogens is 2. The van der Waals surface area contributed by atoms with Crippen LogP contribution >= 0.6 is 38.5 Å². The SMILES string of the molecule is CC1=C(I)c2cc(Br)cnc2C1. The van der Waals surface area contributed by atoms with Crippen LogP contribution in [0, 0.1) is 0 Å². The molecule has 1 aromatic rings. The molecule has 1 aromatic heterocycles. The lowest BCUT2D eigenvalue weighted by molar-refractivity contribution is 1.08. The summed E-state index contributed by atoms with van der Waals surface area (Å²) in [5, 5.41) is 0. The zero-order valence-corrected chi connectivity index (χ0v) is 10.3. The summed E-state index contributed by atoms with van der Waals surface area (Å²) in [4.78, 5) is 4.37. The molecule has 0 spiro atoms. The molecule has 1 aliphatic rings. The van der Waals surface area contributed by atoms with Crippen molar-refractivity contribution < 1.29 is 0 Å². The van der Waals surface area contributed by atoms with Crippen molar-refractivity contribution in [3.63, 3.8) is 0 Å². The molecule has 0 radical (unpaired) electrons.